The van der Waals surface area contributed by atoms with Crippen LogP contribution in [0.1, 0.15) is 32.4 Å². The molecule has 4 heteroatoms. The summed E-state index contributed by atoms with van der Waals surface area (Å²) in [7, 11) is 0. The number of rotatable bonds is 3. The van der Waals surface area contributed by atoms with Crippen LogP contribution in [-0.2, 0) is 11.3 Å². The summed E-state index contributed by atoms with van der Waals surface area (Å²) in [5.74, 6) is 0. The van der Waals surface area contributed by atoms with Crippen LogP contribution in [0.15, 0.2) is 24.4 Å². The first kappa shape index (κ1) is 14.9. The zero-order valence-electron chi connectivity index (χ0n) is 13.2. The van der Waals surface area contributed by atoms with E-state index in [0.29, 0.717) is 12.2 Å². The van der Waals surface area contributed by atoms with Gasteiger partial charge in [-0.15, -0.1) is 0 Å². The summed E-state index contributed by atoms with van der Waals surface area (Å²) in [4.78, 5) is 9.62. The normalized spacial score (nSPS) is 29.6. The molecule has 0 unspecified atom stereocenters. The third kappa shape index (κ3) is 4.02. The van der Waals surface area contributed by atoms with Gasteiger partial charge in [0.2, 0.25) is 0 Å². The highest BCUT2D eigenvalue weighted by molar-refractivity contribution is 5.03. The Kier molecular flexibility index (Phi) is 4.88. The van der Waals surface area contributed by atoms with E-state index in [4.69, 9.17) is 4.74 Å². The van der Waals surface area contributed by atoms with E-state index in [0.717, 1.165) is 25.7 Å². The van der Waals surface area contributed by atoms with E-state index in [1.54, 1.807) is 0 Å². The van der Waals surface area contributed by atoms with E-state index in [1.807, 2.05) is 12.3 Å². The number of aromatic nitrogens is 1. The molecule has 0 aromatic carbocycles. The first-order chi connectivity index (χ1) is 10.2. The number of nitrogens with zero attached hydrogens (tertiary/aromatic N) is 3. The first-order valence-corrected chi connectivity index (χ1v) is 8.22. The zero-order valence-corrected chi connectivity index (χ0v) is 13.2. The Morgan fingerprint density at radius 1 is 1.14 bits per heavy atom. The molecule has 3 rings (SSSR count). The fourth-order valence-electron chi connectivity index (χ4n) is 3.68. The van der Waals surface area contributed by atoms with Crippen molar-refractivity contribution in [3.8, 4) is 0 Å². The second-order valence-electron chi connectivity index (χ2n) is 6.54. The van der Waals surface area contributed by atoms with Gasteiger partial charge in [0.25, 0.3) is 0 Å². The van der Waals surface area contributed by atoms with Crippen molar-refractivity contribution in [2.75, 3.05) is 26.2 Å². The van der Waals surface area contributed by atoms with Gasteiger partial charge >= 0.3 is 0 Å². The zero-order chi connectivity index (χ0) is 14.7. The molecular formula is C17H27N3O. The van der Waals surface area contributed by atoms with Gasteiger partial charge in [-0.3, -0.25) is 14.8 Å². The van der Waals surface area contributed by atoms with Crippen LogP contribution in [0.2, 0.25) is 0 Å². The molecule has 116 valence electrons. The minimum absolute atomic E-state index is 0.375. The Bertz CT molecular complexity index is 421. The predicted octanol–water partition coefficient (Wildman–Crippen LogP) is 2.16. The van der Waals surface area contributed by atoms with E-state index >= 15 is 0 Å². The lowest BCUT2D eigenvalue weighted by Gasteiger charge is -2.43. The van der Waals surface area contributed by atoms with Crippen LogP contribution < -0.4 is 0 Å². The third-order valence-corrected chi connectivity index (χ3v) is 4.63. The first-order valence-electron chi connectivity index (χ1n) is 8.22. The van der Waals surface area contributed by atoms with Crippen LogP contribution in [0.25, 0.3) is 0 Å². The highest BCUT2D eigenvalue weighted by Gasteiger charge is 2.30. The highest BCUT2D eigenvalue weighted by Crippen LogP contribution is 2.22. The number of ether oxygens (including phenoxy) is 1. The van der Waals surface area contributed by atoms with Crippen molar-refractivity contribution in [1.82, 2.24) is 14.8 Å². The molecule has 2 aliphatic heterocycles. The molecular weight excluding hydrogens is 262 g/mol. The van der Waals surface area contributed by atoms with Crippen LogP contribution in [0, 0.1) is 0 Å². The minimum atomic E-state index is 0.375. The summed E-state index contributed by atoms with van der Waals surface area (Å²) in [6.45, 7) is 9.93. The van der Waals surface area contributed by atoms with Crippen LogP contribution in [0.3, 0.4) is 0 Å². The number of piperidine rings is 1. The number of hydrogen-bond donors (Lipinski definition) is 0. The summed E-state index contributed by atoms with van der Waals surface area (Å²) >= 11 is 0. The van der Waals surface area contributed by atoms with Crippen molar-refractivity contribution in [3.05, 3.63) is 30.1 Å². The second kappa shape index (κ2) is 6.86. The summed E-state index contributed by atoms with van der Waals surface area (Å²) in [6, 6.07) is 6.92. The predicted molar refractivity (Wildman–Crippen MR) is 84.1 cm³/mol. The molecule has 0 bridgehead atoms. The third-order valence-electron chi connectivity index (χ3n) is 4.63. The number of pyridine rings is 1. The van der Waals surface area contributed by atoms with Gasteiger partial charge < -0.3 is 4.74 Å². The van der Waals surface area contributed by atoms with Gasteiger partial charge in [-0.25, -0.2) is 0 Å². The average molecular weight is 289 g/mol. The Balaban J connectivity index is 1.48. The quantitative estimate of drug-likeness (QED) is 0.852. The molecule has 2 aliphatic rings. The molecule has 0 amide bonds. The molecule has 0 saturated carbocycles. The molecule has 0 radical (unpaired) electrons. The van der Waals surface area contributed by atoms with E-state index in [9.17, 15) is 0 Å². The minimum Gasteiger partial charge on any atom is -0.373 e. The average Bonchev–Trinajstić information content (AvgIpc) is 2.48. The standard InChI is InChI=1S/C17H27N3O/c1-14-11-20(12-15(2)21-14)17-6-9-19(10-7-17)13-16-5-3-4-8-18-16/h3-5,8,14-15,17H,6-7,9-13H2,1-2H3/t14-,15-/m0/s1. The maximum atomic E-state index is 5.85. The summed E-state index contributed by atoms with van der Waals surface area (Å²) in [5, 5.41) is 0. The Hall–Kier alpha value is -0.970. The van der Waals surface area contributed by atoms with Gasteiger partial charge in [0, 0.05) is 45.0 Å². The summed E-state index contributed by atoms with van der Waals surface area (Å²) in [6.07, 6.45) is 5.18. The lowest BCUT2D eigenvalue weighted by molar-refractivity contribution is -0.0866. The maximum Gasteiger partial charge on any atom is 0.0678 e. The summed E-state index contributed by atoms with van der Waals surface area (Å²) in [5.41, 5.74) is 1.18. The molecule has 21 heavy (non-hydrogen) atoms. The molecule has 2 fully saturated rings. The van der Waals surface area contributed by atoms with Crippen molar-refractivity contribution < 1.29 is 4.74 Å². The number of morpholine rings is 1. The van der Waals surface area contributed by atoms with Gasteiger partial charge in [0.15, 0.2) is 0 Å². The topological polar surface area (TPSA) is 28.6 Å². The molecule has 0 aliphatic carbocycles. The fraction of sp³-hybridized carbons (Fsp3) is 0.706. The van der Waals surface area contributed by atoms with Gasteiger partial charge in [-0.05, 0) is 38.8 Å². The van der Waals surface area contributed by atoms with Gasteiger partial charge in [-0.1, -0.05) is 6.07 Å². The molecule has 4 nitrogen and oxygen atoms in total. The van der Waals surface area contributed by atoms with Crippen LogP contribution in [-0.4, -0.2) is 59.2 Å². The van der Waals surface area contributed by atoms with E-state index < -0.39 is 0 Å². The SMILES string of the molecule is C[C@H]1CN(C2CCN(Cc3ccccn3)CC2)C[C@H](C)O1. The Morgan fingerprint density at radius 3 is 2.48 bits per heavy atom. The summed E-state index contributed by atoms with van der Waals surface area (Å²) < 4.78 is 5.85. The lowest BCUT2D eigenvalue weighted by atomic mass is 10.0. The van der Waals surface area contributed by atoms with Crippen LogP contribution >= 0.6 is 0 Å². The smallest absolute Gasteiger partial charge is 0.0678 e. The van der Waals surface area contributed by atoms with Gasteiger partial charge in [0.05, 0.1) is 17.9 Å². The largest absolute Gasteiger partial charge is 0.373 e. The molecule has 1 aromatic rings. The highest BCUT2D eigenvalue weighted by atomic mass is 16.5. The van der Waals surface area contributed by atoms with Crippen molar-refractivity contribution >= 4 is 0 Å². The second-order valence-corrected chi connectivity index (χ2v) is 6.54. The van der Waals surface area contributed by atoms with Gasteiger partial charge in [-0.2, -0.15) is 0 Å². The number of likely N-dealkylation sites (tertiary alicyclic amines) is 1. The molecule has 0 N–H and O–H groups in total. The van der Waals surface area contributed by atoms with Crippen molar-refractivity contribution in [2.24, 2.45) is 0 Å². The van der Waals surface area contributed by atoms with Crippen LogP contribution in [0.5, 0.6) is 0 Å². The van der Waals surface area contributed by atoms with Crippen molar-refractivity contribution in [2.45, 2.75) is 51.5 Å². The van der Waals surface area contributed by atoms with Crippen molar-refractivity contribution in [3.63, 3.8) is 0 Å². The van der Waals surface area contributed by atoms with Crippen LogP contribution in [0.4, 0.5) is 0 Å². The van der Waals surface area contributed by atoms with E-state index in [2.05, 4.69) is 40.8 Å². The molecule has 3 heterocycles. The molecule has 2 saturated heterocycles. The monoisotopic (exact) mass is 289 g/mol. The lowest BCUT2D eigenvalue weighted by Crippen LogP contribution is -2.53. The van der Waals surface area contributed by atoms with Gasteiger partial charge in [0.1, 0.15) is 0 Å². The molecule has 2 atom stereocenters. The Labute approximate surface area is 128 Å². The molecule has 1 aromatic heterocycles. The van der Waals surface area contributed by atoms with Crippen molar-refractivity contribution in [1.29, 1.82) is 0 Å². The number of hydrogen-bond acceptors (Lipinski definition) is 4. The fourth-order valence-corrected chi connectivity index (χ4v) is 3.68. The van der Waals surface area contributed by atoms with E-state index in [-0.39, 0.29) is 0 Å². The Morgan fingerprint density at radius 2 is 1.86 bits per heavy atom. The maximum absolute atomic E-state index is 5.85. The molecule has 0 spiro atoms. The van der Waals surface area contributed by atoms with E-state index in [1.165, 1.54) is 31.6 Å².